The molecule has 5 rings (SSSR count). The first kappa shape index (κ1) is 33.6. The topological polar surface area (TPSA) is 69.3 Å². The van der Waals surface area contributed by atoms with Crippen molar-refractivity contribution >= 4 is 23.9 Å². The molecule has 5 nitrogen and oxygen atoms in total. The smallest absolute Gasteiger partial charge is 0.132 e. The van der Waals surface area contributed by atoms with Gasteiger partial charge in [0, 0.05) is 19.8 Å². The standard InChI is InChI=1S/C43H41N3O2/c1-43(2)26-31(23-36(27-43)37(28-44)29-45)8-12-35-25-41(32-13-19-39(47-5)20-14-32)34(11-7-30-9-17-38(18-10-30)46(3)4)24-42(35)33-15-21-40(48-6)22-16-33/h7-25H,26-27H2,1-6H3/b11-7+,12-8+. The summed E-state index contributed by atoms with van der Waals surface area (Å²) in [4.78, 5) is 2.09. The minimum atomic E-state index is -0.0742. The van der Waals surface area contributed by atoms with Crippen molar-refractivity contribution in [2.45, 2.75) is 26.7 Å². The Hall–Kier alpha value is -5.78. The van der Waals surface area contributed by atoms with E-state index in [0.29, 0.717) is 6.42 Å². The average molecular weight is 632 g/mol. The van der Waals surface area contributed by atoms with E-state index in [1.165, 1.54) is 0 Å². The molecule has 0 radical (unpaired) electrons. The monoisotopic (exact) mass is 631 g/mol. The Kier molecular flexibility index (Phi) is 10.3. The molecule has 0 atom stereocenters. The fourth-order valence-electron chi connectivity index (χ4n) is 6.11. The van der Waals surface area contributed by atoms with E-state index in [4.69, 9.17) is 9.47 Å². The van der Waals surface area contributed by atoms with Gasteiger partial charge in [-0.3, -0.25) is 0 Å². The number of hydrogen-bond donors (Lipinski definition) is 0. The highest BCUT2D eigenvalue weighted by atomic mass is 16.5. The average Bonchev–Trinajstić information content (AvgIpc) is 3.10. The summed E-state index contributed by atoms with van der Waals surface area (Å²) in [5, 5.41) is 19.2. The second kappa shape index (κ2) is 14.8. The largest absolute Gasteiger partial charge is 0.497 e. The Morgan fingerprint density at radius 2 is 1.19 bits per heavy atom. The first-order chi connectivity index (χ1) is 23.1. The molecular formula is C43H41N3O2. The van der Waals surface area contributed by atoms with Crippen molar-refractivity contribution < 1.29 is 9.47 Å². The second-order valence-electron chi connectivity index (χ2n) is 13.0. The van der Waals surface area contributed by atoms with Crippen molar-refractivity contribution in [3.63, 3.8) is 0 Å². The molecule has 0 unspecified atom stereocenters. The van der Waals surface area contributed by atoms with Gasteiger partial charge in [0.1, 0.15) is 29.2 Å². The fraction of sp³-hybridized carbons (Fsp3) is 0.209. The summed E-state index contributed by atoms with van der Waals surface area (Å²) in [5.74, 6) is 1.60. The van der Waals surface area contributed by atoms with E-state index >= 15 is 0 Å². The predicted molar refractivity (Wildman–Crippen MR) is 198 cm³/mol. The van der Waals surface area contributed by atoms with Crippen LogP contribution >= 0.6 is 0 Å². The summed E-state index contributed by atoms with van der Waals surface area (Å²) in [6.45, 7) is 4.36. The molecular weight excluding hydrogens is 590 g/mol. The Bertz CT molecular complexity index is 1960. The van der Waals surface area contributed by atoms with E-state index in [-0.39, 0.29) is 11.0 Å². The summed E-state index contributed by atoms with van der Waals surface area (Å²) in [6, 6.07) is 33.5. The number of ether oxygens (including phenoxy) is 2. The normalized spacial score (nSPS) is 13.9. The molecule has 1 aliphatic carbocycles. The molecule has 4 aromatic carbocycles. The van der Waals surface area contributed by atoms with Crippen molar-refractivity contribution in [2.24, 2.45) is 5.41 Å². The van der Waals surface area contributed by atoms with Gasteiger partial charge in [-0.2, -0.15) is 10.5 Å². The highest BCUT2D eigenvalue weighted by Crippen LogP contribution is 2.41. The van der Waals surface area contributed by atoms with Crippen molar-refractivity contribution in [3.8, 4) is 45.9 Å². The van der Waals surface area contributed by atoms with Gasteiger partial charge in [0.15, 0.2) is 0 Å². The first-order valence-electron chi connectivity index (χ1n) is 16.0. The zero-order valence-electron chi connectivity index (χ0n) is 28.5. The van der Waals surface area contributed by atoms with Crippen LogP contribution in [0, 0.1) is 28.1 Å². The van der Waals surface area contributed by atoms with Crippen LogP contribution in [0.2, 0.25) is 0 Å². The van der Waals surface area contributed by atoms with Crippen LogP contribution in [0.1, 0.15) is 43.4 Å². The SMILES string of the molecule is COc1ccc(-c2cc(/C=C/c3ccc(N(C)C)cc3)c(-c3ccc(OC)cc3)cc2/C=C/C2=CC(=C(C#N)C#N)CC(C)(C)C2)cc1. The summed E-state index contributed by atoms with van der Waals surface area (Å²) >= 11 is 0. The quantitative estimate of drug-likeness (QED) is 0.136. The van der Waals surface area contributed by atoms with E-state index in [1.54, 1.807) is 14.2 Å². The van der Waals surface area contributed by atoms with Gasteiger partial charge >= 0.3 is 0 Å². The van der Waals surface area contributed by atoms with E-state index in [0.717, 1.165) is 73.7 Å². The molecule has 0 N–H and O–H groups in total. The Morgan fingerprint density at radius 3 is 1.65 bits per heavy atom. The molecule has 0 spiro atoms. The lowest BCUT2D eigenvalue weighted by molar-refractivity contribution is 0.354. The Morgan fingerprint density at radius 1 is 0.688 bits per heavy atom. The molecule has 4 aromatic rings. The molecule has 48 heavy (non-hydrogen) atoms. The Balaban J connectivity index is 1.68. The third-order valence-corrected chi connectivity index (χ3v) is 8.62. The molecule has 0 fully saturated rings. The van der Waals surface area contributed by atoms with Gasteiger partial charge in [0.05, 0.1) is 14.2 Å². The number of rotatable bonds is 9. The van der Waals surface area contributed by atoms with E-state index in [9.17, 15) is 10.5 Å². The highest BCUT2D eigenvalue weighted by Gasteiger charge is 2.26. The van der Waals surface area contributed by atoms with Crippen LogP contribution in [0.3, 0.4) is 0 Å². The van der Waals surface area contributed by atoms with Gasteiger partial charge in [-0.25, -0.2) is 0 Å². The number of benzene rings is 4. The molecule has 0 saturated carbocycles. The van der Waals surface area contributed by atoms with Crippen LogP contribution in [0.4, 0.5) is 5.69 Å². The number of hydrogen-bond acceptors (Lipinski definition) is 5. The molecule has 240 valence electrons. The van der Waals surface area contributed by atoms with Gasteiger partial charge < -0.3 is 14.4 Å². The van der Waals surface area contributed by atoms with Crippen LogP contribution in [-0.2, 0) is 0 Å². The lowest BCUT2D eigenvalue weighted by Gasteiger charge is -2.30. The van der Waals surface area contributed by atoms with Gasteiger partial charge in [-0.05, 0) is 117 Å². The number of methoxy groups -OCH3 is 2. The van der Waals surface area contributed by atoms with E-state index in [2.05, 4.69) is 116 Å². The lowest BCUT2D eigenvalue weighted by atomic mass is 9.74. The van der Waals surface area contributed by atoms with Crippen molar-refractivity contribution in [2.75, 3.05) is 33.2 Å². The molecule has 1 aliphatic rings. The van der Waals surface area contributed by atoms with Gasteiger partial charge in [0.25, 0.3) is 0 Å². The zero-order valence-corrected chi connectivity index (χ0v) is 28.5. The zero-order chi connectivity index (χ0) is 34.3. The number of nitriles is 2. The summed E-state index contributed by atoms with van der Waals surface area (Å²) in [5.41, 5.74) is 10.7. The molecule has 0 aromatic heterocycles. The minimum absolute atomic E-state index is 0.0742. The van der Waals surface area contributed by atoms with Crippen LogP contribution < -0.4 is 14.4 Å². The highest BCUT2D eigenvalue weighted by molar-refractivity contribution is 5.89. The number of allylic oxidation sites excluding steroid dienone is 5. The third kappa shape index (κ3) is 7.95. The maximum absolute atomic E-state index is 9.59. The minimum Gasteiger partial charge on any atom is -0.497 e. The molecule has 0 saturated heterocycles. The van der Waals surface area contributed by atoms with Crippen LogP contribution in [0.25, 0.3) is 40.5 Å². The van der Waals surface area contributed by atoms with Crippen LogP contribution in [-0.4, -0.2) is 28.3 Å². The van der Waals surface area contributed by atoms with Crippen molar-refractivity contribution in [1.82, 2.24) is 0 Å². The maximum atomic E-state index is 9.59. The lowest BCUT2D eigenvalue weighted by Crippen LogP contribution is -2.17. The van der Waals surface area contributed by atoms with E-state index in [1.807, 2.05) is 44.4 Å². The van der Waals surface area contributed by atoms with Gasteiger partial charge in [-0.15, -0.1) is 0 Å². The molecule has 0 amide bonds. The molecule has 0 aliphatic heterocycles. The fourth-order valence-corrected chi connectivity index (χ4v) is 6.11. The van der Waals surface area contributed by atoms with Crippen molar-refractivity contribution in [1.29, 1.82) is 10.5 Å². The summed E-state index contributed by atoms with van der Waals surface area (Å²) in [6.07, 6.45) is 12.2. The molecule has 5 heteroatoms. The summed E-state index contributed by atoms with van der Waals surface area (Å²) < 4.78 is 10.9. The van der Waals surface area contributed by atoms with Gasteiger partial charge in [-0.1, -0.05) is 80.6 Å². The third-order valence-electron chi connectivity index (χ3n) is 8.62. The van der Waals surface area contributed by atoms with Crippen LogP contribution in [0.5, 0.6) is 11.5 Å². The van der Waals surface area contributed by atoms with Crippen LogP contribution in [0.15, 0.2) is 114 Å². The molecule has 0 heterocycles. The number of anilines is 1. The second-order valence-corrected chi connectivity index (χ2v) is 13.0. The maximum Gasteiger partial charge on any atom is 0.132 e. The summed E-state index contributed by atoms with van der Waals surface area (Å²) in [7, 11) is 7.43. The predicted octanol–water partition coefficient (Wildman–Crippen LogP) is 10.4. The molecule has 0 bridgehead atoms. The van der Waals surface area contributed by atoms with E-state index < -0.39 is 0 Å². The van der Waals surface area contributed by atoms with Gasteiger partial charge in [0.2, 0.25) is 0 Å². The van der Waals surface area contributed by atoms with Crippen molar-refractivity contribution in [3.05, 3.63) is 130 Å². The first-order valence-corrected chi connectivity index (χ1v) is 16.0. The number of nitrogens with zero attached hydrogens (tertiary/aromatic N) is 3. The Labute approximate surface area is 285 Å².